The van der Waals surface area contributed by atoms with Crippen LogP contribution in [0.25, 0.3) is 10.9 Å². The number of hydrogen-bond donors (Lipinski definition) is 1. The molecule has 0 unspecified atom stereocenters. The highest BCUT2D eigenvalue weighted by molar-refractivity contribution is 5.94. The Balaban J connectivity index is 2.15. The van der Waals surface area contributed by atoms with Gasteiger partial charge in [0.2, 0.25) is 0 Å². The van der Waals surface area contributed by atoms with E-state index in [1.807, 2.05) is 30.3 Å². The Kier molecular flexibility index (Phi) is 3.70. The van der Waals surface area contributed by atoms with E-state index >= 15 is 0 Å². The molecule has 1 N–H and O–H groups in total. The van der Waals surface area contributed by atoms with Crippen molar-refractivity contribution in [3.63, 3.8) is 0 Å². The molecular weight excluding hydrogens is 212 g/mol. The summed E-state index contributed by atoms with van der Waals surface area (Å²) in [6.45, 7) is 2.81. The number of carbonyl (C=O) groups excluding carboxylic acids is 1. The summed E-state index contributed by atoms with van der Waals surface area (Å²) in [7, 11) is 0. The van der Waals surface area contributed by atoms with Gasteiger partial charge in [0.25, 0.3) is 5.91 Å². The predicted octanol–water partition coefficient (Wildman–Crippen LogP) is 2.76. The number of amides is 1. The van der Waals surface area contributed by atoms with Crippen molar-refractivity contribution in [2.45, 2.75) is 19.8 Å². The summed E-state index contributed by atoms with van der Waals surface area (Å²) in [5.74, 6) is -0.0933. The summed E-state index contributed by atoms with van der Waals surface area (Å²) in [5, 5.41) is 3.92. The molecule has 17 heavy (non-hydrogen) atoms. The van der Waals surface area contributed by atoms with Crippen molar-refractivity contribution in [3.05, 3.63) is 42.1 Å². The maximum atomic E-state index is 11.8. The number of fused-ring (bicyclic) bond motifs is 1. The van der Waals surface area contributed by atoms with Crippen LogP contribution in [-0.2, 0) is 0 Å². The van der Waals surface area contributed by atoms with Crippen LogP contribution < -0.4 is 5.32 Å². The fourth-order valence-corrected chi connectivity index (χ4v) is 1.66. The third-order valence-corrected chi connectivity index (χ3v) is 2.65. The zero-order valence-electron chi connectivity index (χ0n) is 9.94. The first-order valence-electron chi connectivity index (χ1n) is 5.95. The molecule has 0 spiro atoms. The van der Waals surface area contributed by atoms with Crippen LogP contribution in [0.4, 0.5) is 0 Å². The number of unbranched alkanes of at least 4 members (excludes halogenated alkanes) is 1. The molecule has 0 aliphatic carbocycles. The van der Waals surface area contributed by atoms with Crippen LogP contribution in [0.15, 0.2) is 36.4 Å². The smallest absolute Gasteiger partial charge is 0.269 e. The summed E-state index contributed by atoms with van der Waals surface area (Å²) in [6, 6.07) is 11.5. The molecule has 0 saturated carbocycles. The number of carbonyl (C=O) groups is 1. The van der Waals surface area contributed by atoms with Gasteiger partial charge in [-0.05, 0) is 18.6 Å². The van der Waals surface area contributed by atoms with Crippen molar-refractivity contribution in [3.8, 4) is 0 Å². The van der Waals surface area contributed by atoms with E-state index in [1.165, 1.54) is 0 Å². The second-order valence-electron chi connectivity index (χ2n) is 4.00. The maximum absolute atomic E-state index is 11.8. The average Bonchev–Trinajstić information content (AvgIpc) is 2.38. The molecule has 1 heterocycles. The second kappa shape index (κ2) is 5.43. The van der Waals surface area contributed by atoms with Crippen LogP contribution >= 0.6 is 0 Å². The maximum Gasteiger partial charge on any atom is 0.269 e. The molecule has 0 atom stereocenters. The fourth-order valence-electron chi connectivity index (χ4n) is 1.66. The van der Waals surface area contributed by atoms with E-state index in [0.717, 1.165) is 23.7 Å². The summed E-state index contributed by atoms with van der Waals surface area (Å²) in [5.41, 5.74) is 1.34. The topological polar surface area (TPSA) is 42.0 Å². The lowest BCUT2D eigenvalue weighted by Crippen LogP contribution is -2.25. The molecule has 0 saturated heterocycles. The largest absolute Gasteiger partial charge is 0.351 e. The standard InChI is InChI=1S/C14H16N2O/c1-2-3-10-15-14(17)13-9-8-11-6-4-5-7-12(11)16-13/h4-9H,2-3,10H2,1H3,(H,15,17). The Morgan fingerprint density at radius 3 is 2.88 bits per heavy atom. The summed E-state index contributed by atoms with van der Waals surface area (Å²) in [6.07, 6.45) is 2.07. The first kappa shape index (κ1) is 11.6. The van der Waals surface area contributed by atoms with Crippen molar-refractivity contribution in [1.82, 2.24) is 10.3 Å². The lowest BCUT2D eigenvalue weighted by atomic mass is 10.2. The number of aromatic nitrogens is 1. The number of hydrogen-bond acceptors (Lipinski definition) is 2. The van der Waals surface area contributed by atoms with E-state index in [0.29, 0.717) is 12.2 Å². The van der Waals surface area contributed by atoms with E-state index in [-0.39, 0.29) is 5.91 Å². The lowest BCUT2D eigenvalue weighted by Gasteiger charge is -2.04. The van der Waals surface area contributed by atoms with Crippen LogP contribution in [0.1, 0.15) is 30.3 Å². The highest BCUT2D eigenvalue weighted by Crippen LogP contribution is 2.11. The van der Waals surface area contributed by atoms with Crippen LogP contribution in [-0.4, -0.2) is 17.4 Å². The van der Waals surface area contributed by atoms with Crippen LogP contribution in [0.3, 0.4) is 0 Å². The van der Waals surface area contributed by atoms with E-state index in [9.17, 15) is 4.79 Å². The summed E-state index contributed by atoms with van der Waals surface area (Å²) >= 11 is 0. The quantitative estimate of drug-likeness (QED) is 0.817. The number of para-hydroxylation sites is 1. The van der Waals surface area contributed by atoms with Crippen LogP contribution in [0, 0.1) is 0 Å². The average molecular weight is 228 g/mol. The third-order valence-electron chi connectivity index (χ3n) is 2.65. The van der Waals surface area contributed by atoms with Gasteiger partial charge in [0.1, 0.15) is 5.69 Å². The molecule has 0 radical (unpaired) electrons. The normalized spacial score (nSPS) is 10.4. The molecule has 1 aromatic carbocycles. The van der Waals surface area contributed by atoms with Gasteiger partial charge in [0.05, 0.1) is 5.52 Å². The number of pyridine rings is 1. The zero-order chi connectivity index (χ0) is 12.1. The van der Waals surface area contributed by atoms with Gasteiger partial charge >= 0.3 is 0 Å². The highest BCUT2D eigenvalue weighted by atomic mass is 16.1. The minimum Gasteiger partial charge on any atom is -0.351 e. The third kappa shape index (κ3) is 2.81. The molecule has 1 aromatic heterocycles. The first-order chi connectivity index (χ1) is 8.31. The minimum absolute atomic E-state index is 0.0933. The second-order valence-corrected chi connectivity index (χ2v) is 4.00. The first-order valence-corrected chi connectivity index (χ1v) is 5.95. The van der Waals surface area contributed by atoms with E-state index in [1.54, 1.807) is 6.07 Å². The Bertz CT molecular complexity index is 522. The lowest BCUT2D eigenvalue weighted by molar-refractivity contribution is 0.0948. The van der Waals surface area contributed by atoms with Crippen molar-refractivity contribution in [2.24, 2.45) is 0 Å². The number of rotatable bonds is 4. The van der Waals surface area contributed by atoms with Crippen molar-refractivity contribution < 1.29 is 4.79 Å². The Hall–Kier alpha value is -1.90. The fraction of sp³-hybridized carbons (Fsp3) is 0.286. The van der Waals surface area contributed by atoms with Gasteiger partial charge in [-0.2, -0.15) is 0 Å². The number of nitrogens with one attached hydrogen (secondary N) is 1. The number of benzene rings is 1. The monoisotopic (exact) mass is 228 g/mol. The molecule has 3 nitrogen and oxygen atoms in total. The van der Waals surface area contributed by atoms with Crippen molar-refractivity contribution in [1.29, 1.82) is 0 Å². The van der Waals surface area contributed by atoms with E-state index in [2.05, 4.69) is 17.2 Å². The van der Waals surface area contributed by atoms with Crippen molar-refractivity contribution in [2.75, 3.05) is 6.54 Å². The molecule has 1 amide bonds. The van der Waals surface area contributed by atoms with Gasteiger partial charge in [-0.1, -0.05) is 37.6 Å². The molecule has 3 heteroatoms. The molecule has 88 valence electrons. The predicted molar refractivity (Wildman–Crippen MR) is 69.0 cm³/mol. The Morgan fingerprint density at radius 2 is 2.06 bits per heavy atom. The van der Waals surface area contributed by atoms with Gasteiger partial charge in [0, 0.05) is 11.9 Å². The summed E-state index contributed by atoms with van der Waals surface area (Å²) < 4.78 is 0. The molecule has 0 bridgehead atoms. The molecule has 0 aliphatic heterocycles. The van der Waals surface area contributed by atoms with Gasteiger partial charge in [-0.15, -0.1) is 0 Å². The van der Waals surface area contributed by atoms with Gasteiger partial charge in [0.15, 0.2) is 0 Å². The number of nitrogens with zero attached hydrogens (tertiary/aromatic N) is 1. The molecular formula is C14H16N2O. The molecule has 0 fully saturated rings. The van der Waals surface area contributed by atoms with Crippen LogP contribution in [0.2, 0.25) is 0 Å². The highest BCUT2D eigenvalue weighted by Gasteiger charge is 2.06. The van der Waals surface area contributed by atoms with Gasteiger partial charge in [-0.3, -0.25) is 4.79 Å². The van der Waals surface area contributed by atoms with Crippen molar-refractivity contribution >= 4 is 16.8 Å². The molecule has 0 aliphatic rings. The van der Waals surface area contributed by atoms with Gasteiger partial charge in [-0.25, -0.2) is 4.98 Å². The SMILES string of the molecule is CCCCNC(=O)c1ccc2ccccc2n1. The minimum atomic E-state index is -0.0933. The van der Waals surface area contributed by atoms with E-state index in [4.69, 9.17) is 0 Å². The zero-order valence-corrected chi connectivity index (χ0v) is 9.94. The van der Waals surface area contributed by atoms with E-state index < -0.39 is 0 Å². The molecule has 2 aromatic rings. The van der Waals surface area contributed by atoms with Crippen LogP contribution in [0.5, 0.6) is 0 Å². The Labute approximate surface area is 101 Å². The summed E-state index contributed by atoms with van der Waals surface area (Å²) in [4.78, 5) is 16.1. The molecule has 2 rings (SSSR count). The Morgan fingerprint density at radius 1 is 1.24 bits per heavy atom. The van der Waals surface area contributed by atoms with Gasteiger partial charge < -0.3 is 5.32 Å².